The fraction of sp³-hybridized carbons (Fsp3) is 0.350. The highest BCUT2D eigenvalue weighted by molar-refractivity contribution is 6.03. The van der Waals surface area contributed by atoms with Gasteiger partial charge in [0.15, 0.2) is 5.78 Å². The van der Waals surface area contributed by atoms with Gasteiger partial charge in [0.1, 0.15) is 34.7 Å². The predicted molar refractivity (Wildman–Crippen MR) is 94.8 cm³/mol. The molecular formula is C20H22O6. The van der Waals surface area contributed by atoms with E-state index in [2.05, 4.69) is 0 Å². The summed E-state index contributed by atoms with van der Waals surface area (Å²) in [4.78, 5) is 12.6. The first kappa shape index (κ1) is 18.1. The van der Waals surface area contributed by atoms with Crippen molar-refractivity contribution in [1.82, 2.24) is 0 Å². The van der Waals surface area contributed by atoms with Crippen molar-refractivity contribution < 1.29 is 30.0 Å². The zero-order valence-electron chi connectivity index (χ0n) is 14.7. The van der Waals surface area contributed by atoms with Crippen LogP contribution in [0.3, 0.4) is 0 Å². The molecule has 1 aliphatic rings. The van der Waals surface area contributed by atoms with Crippen molar-refractivity contribution in [3.05, 3.63) is 47.0 Å². The molecular weight excluding hydrogens is 336 g/mol. The zero-order chi connectivity index (χ0) is 19.1. The summed E-state index contributed by atoms with van der Waals surface area (Å²) in [5, 5.41) is 39.8. The van der Waals surface area contributed by atoms with E-state index < -0.39 is 11.7 Å². The van der Waals surface area contributed by atoms with Crippen molar-refractivity contribution in [2.45, 2.75) is 44.8 Å². The van der Waals surface area contributed by atoms with Crippen LogP contribution in [0.2, 0.25) is 0 Å². The minimum absolute atomic E-state index is 0.0427. The van der Waals surface area contributed by atoms with Crippen LogP contribution in [0.25, 0.3) is 0 Å². The van der Waals surface area contributed by atoms with E-state index in [4.69, 9.17) is 4.74 Å². The van der Waals surface area contributed by atoms with E-state index in [-0.39, 0.29) is 47.2 Å². The maximum Gasteiger partial charge on any atom is 0.174 e. The molecule has 1 aliphatic heterocycles. The maximum atomic E-state index is 12.6. The van der Waals surface area contributed by atoms with E-state index in [0.29, 0.717) is 17.5 Å². The van der Waals surface area contributed by atoms with Crippen LogP contribution >= 0.6 is 0 Å². The number of ether oxygens (including phenoxy) is 1. The van der Waals surface area contributed by atoms with Crippen LogP contribution in [-0.4, -0.2) is 31.8 Å². The van der Waals surface area contributed by atoms with Gasteiger partial charge in [-0.3, -0.25) is 4.79 Å². The van der Waals surface area contributed by atoms with Crippen LogP contribution in [0.1, 0.15) is 54.3 Å². The molecule has 4 N–H and O–H groups in total. The molecule has 0 spiro atoms. The predicted octanol–water partition coefficient (Wildman–Crippen LogP) is 3.21. The lowest BCUT2D eigenvalue weighted by Gasteiger charge is -2.29. The molecule has 1 unspecified atom stereocenters. The number of aromatic hydroxyl groups is 3. The number of benzene rings is 2. The van der Waals surface area contributed by atoms with Crippen LogP contribution in [0, 0.1) is 0 Å². The van der Waals surface area contributed by atoms with Crippen molar-refractivity contribution in [3.8, 4) is 23.0 Å². The summed E-state index contributed by atoms with van der Waals surface area (Å²) < 4.78 is 5.98. The monoisotopic (exact) mass is 358 g/mol. The lowest BCUT2D eigenvalue weighted by molar-refractivity contribution is 0.0706. The first-order valence-corrected chi connectivity index (χ1v) is 8.44. The molecule has 3 rings (SSSR count). The summed E-state index contributed by atoms with van der Waals surface area (Å²) >= 11 is 0. The topological polar surface area (TPSA) is 107 Å². The smallest absolute Gasteiger partial charge is 0.174 e. The minimum Gasteiger partial charge on any atom is -0.508 e. The van der Waals surface area contributed by atoms with Gasteiger partial charge < -0.3 is 25.2 Å². The Morgan fingerprint density at radius 3 is 2.38 bits per heavy atom. The number of phenols is 3. The molecule has 1 atom stereocenters. The lowest BCUT2D eigenvalue weighted by Crippen LogP contribution is -2.23. The molecule has 0 radical (unpaired) electrons. The second-order valence-corrected chi connectivity index (χ2v) is 7.24. The Morgan fingerprint density at radius 1 is 1.12 bits per heavy atom. The molecule has 0 aliphatic carbocycles. The van der Waals surface area contributed by atoms with Crippen LogP contribution in [0.15, 0.2) is 30.3 Å². The van der Waals surface area contributed by atoms with E-state index in [1.807, 2.05) is 0 Å². The number of rotatable bonds is 4. The molecule has 6 heteroatoms. The molecule has 1 heterocycles. The van der Waals surface area contributed by atoms with Gasteiger partial charge in [-0.15, -0.1) is 0 Å². The average Bonchev–Trinajstić information content (AvgIpc) is 2.53. The minimum atomic E-state index is -0.952. The maximum absolute atomic E-state index is 12.6. The van der Waals surface area contributed by atoms with Gasteiger partial charge in [-0.1, -0.05) is 12.1 Å². The molecule has 0 fully saturated rings. The second-order valence-electron chi connectivity index (χ2n) is 7.24. The van der Waals surface area contributed by atoms with E-state index >= 15 is 0 Å². The zero-order valence-corrected chi connectivity index (χ0v) is 14.7. The highest BCUT2D eigenvalue weighted by atomic mass is 16.5. The molecule has 26 heavy (non-hydrogen) atoms. The molecule has 2 aromatic rings. The number of fused-ring (bicyclic) bond motifs is 1. The third-order valence-corrected chi connectivity index (χ3v) is 4.50. The molecule has 138 valence electrons. The number of Topliss-reactive ketones (excluding diaryl/α,β-unsaturated/α-hetero) is 1. The first-order valence-electron chi connectivity index (χ1n) is 8.44. The summed E-state index contributed by atoms with van der Waals surface area (Å²) in [6.07, 6.45) is 0.0889. The van der Waals surface area contributed by atoms with Crippen molar-refractivity contribution in [2.24, 2.45) is 0 Å². The Hall–Kier alpha value is -2.73. The number of aliphatic hydroxyl groups is 1. The number of ketones is 1. The van der Waals surface area contributed by atoms with Crippen LogP contribution < -0.4 is 4.74 Å². The third-order valence-electron chi connectivity index (χ3n) is 4.50. The Kier molecular flexibility index (Phi) is 4.54. The fourth-order valence-electron chi connectivity index (χ4n) is 3.07. The van der Waals surface area contributed by atoms with E-state index in [0.717, 1.165) is 6.07 Å². The summed E-state index contributed by atoms with van der Waals surface area (Å²) in [5.74, 6) is -0.520. The van der Waals surface area contributed by atoms with E-state index in [1.165, 1.54) is 12.1 Å². The van der Waals surface area contributed by atoms with Crippen LogP contribution in [0.4, 0.5) is 0 Å². The molecule has 0 saturated carbocycles. The first-order chi connectivity index (χ1) is 12.2. The quantitative estimate of drug-likeness (QED) is 0.668. The van der Waals surface area contributed by atoms with E-state index in [1.54, 1.807) is 26.0 Å². The molecule has 6 nitrogen and oxygen atoms in total. The Bertz CT molecular complexity index is 833. The van der Waals surface area contributed by atoms with Gasteiger partial charge in [0.2, 0.25) is 0 Å². The van der Waals surface area contributed by atoms with Crippen LogP contribution in [-0.2, 0) is 6.42 Å². The highest BCUT2D eigenvalue weighted by Crippen LogP contribution is 2.46. The summed E-state index contributed by atoms with van der Waals surface area (Å²) in [5.41, 5.74) is 0.199. The second kappa shape index (κ2) is 6.53. The number of hydrogen-bond acceptors (Lipinski definition) is 6. The highest BCUT2D eigenvalue weighted by Gasteiger charge is 2.34. The Morgan fingerprint density at radius 2 is 1.77 bits per heavy atom. The van der Waals surface area contributed by atoms with Gasteiger partial charge in [0.05, 0.1) is 12.0 Å². The van der Waals surface area contributed by atoms with Crippen molar-refractivity contribution in [3.63, 3.8) is 0 Å². The molecule has 2 aromatic carbocycles. The SMILES string of the molecule is CC(C)(O)CCc1c(O)cc(O)c2c1OC(c1ccc(O)cc1)CC2=O. The number of carbonyl (C=O) groups is 1. The summed E-state index contributed by atoms with van der Waals surface area (Å²) in [7, 11) is 0. The van der Waals surface area contributed by atoms with Crippen molar-refractivity contribution >= 4 is 5.78 Å². The van der Waals surface area contributed by atoms with Gasteiger partial charge >= 0.3 is 0 Å². The standard InChI is InChI=1S/C20H22O6/c1-20(2,25)8-7-13-14(22)9-15(23)18-16(24)10-17(26-19(13)18)11-3-5-12(21)6-4-11/h3-6,9,17,21-23,25H,7-8,10H2,1-2H3. The van der Waals surface area contributed by atoms with Crippen molar-refractivity contribution in [2.75, 3.05) is 0 Å². The largest absolute Gasteiger partial charge is 0.508 e. The molecule has 0 saturated heterocycles. The third kappa shape index (κ3) is 3.60. The van der Waals surface area contributed by atoms with Gasteiger partial charge in [-0.2, -0.15) is 0 Å². The Balaban J connectivity index is 2.02. The number of hydrogen-bond donors (Lipinski definition) is 4. The van der Waals surface area contributed by atoms with Crippen molar-refractivity contribution in [1.29, 1.82) is 0 Å². The average molecular weight is 358 g/mol. The lowest BCUT2D eigenvalue weighted by atomic mass is 9.90. The summed E-state index contributed by atoms with van der Waals surface area (Å²) in [6, 6.07) is 7.48. The summed E-state index contributed by atoms with van der Waals surface area (Å²) in [6.45, 7) is 3.31. The number of phenolic OH excluding ortho intramolecular Hbond substituents is 3. The van der Waals surface area contributed by atoms with Crippen LogP contribution in [0.5, 0.6) is 23.0 Å². The van der Waals surface area contributed by atoms with Gasteiger partial charge in [0, 0.05) is 11.6 Å². The molecule has 0 amide bonds. The fourth-order valence-corrected chi connectivity index (χ4v) is 3.07. The number of carbonyl (C=O) groups excluding carboxylic acids is 1. The van der Waals surface area contributed by atoms with Gasteiger partial charge in [-0.05, 0) is 44.4 Å². The van der Waals surface area contributed by atoms with Gasteiger partial charge in [0.25, 0.3) is 0 Å². The van der Waals surface area contributed by atoms with E-state index in [9.17, 15) is 25.2 Å². The molecule has 0 aromatic heterocycles. The normalized spacial score (nSPS) is 16.9. The Labute approximate surface area is 151 Å². The van der Waals surface area contributed by atoms with Gasteiger partial charge in [-0.25, -0.2) is 0 Å². The molecule has 0 bridgehead atoms.